The standard InChI is InChI=1S/C24H26O13/c1-10-6-11(25)18(26)14-13(10)20(28)15-16(21(14)29)23(31)24(32)17(22(15)30)19(27)12(37-5-4-33-2)7-35-9-36-8-34-3/h6,12,25-26,30-32H,4-5,7-9H2,1-3H3. The molecule has 0 aliphatic heterocycles. The number of aromatic hydroxyl groups is 5. The van der Waals surface area contributed by atoms with E-state index in [1.54, 1.807) is 0 Å². The van der Waals surface area contributed by atoms with Crippen LogP contribution in [0.15, 0.2) is 6.07 Å². The third-order valence-corrected chi connectivity index (χ3v) is 5.59. The number of ketones is 3. The number of phenolic OH excluding ortho intramolecular Hbond substituents is 5. The van der Waals surface area contributed by atoms with Gasteiger partial charge in [-0.1, -0.05) is 0 Å². The second-order valence-corrected chi connectivity index (χ2v) is 7.96. The number of fused-ring (bicyclic) bond motifs is 2. The van der Waals surface area contributed by atoms with Crippen LogP contribution in [-0.2, 0) is 23.7 Å². The van der Waals surface area contributed by atoms with Crippen molar-refractivity contribution in [2.75, 3.05) is 47.6 Å². The van der Waals surface area contributed by atoms with E-state index in [9.17, 15) is 39.9 Å². The molecule has 37 heavy (non-hydrogen) atoms. The maximum atomic E-state index is 13.3. The number of methoxy groups -OCH3 is 2. The van der Waals surface area contributed by atoms with Crippen LogP contribution in [-0.4, -0.2) is 96.6 Å². The van der Waals surface area contributed by atoms with Crippen LogP contribution in [0.5, 0.6) is 28.7 Å². The number of hydrogen-bond acceptors (Lipinski definition) is 13. The van der Waals surface area contributed by atoms with E-state index in [1.165, 1.54) is 21.1 Å². The van der Waals surface area contributed by atoms with Gasteiger partial charge in [0.2, 0.25) is 11.6 Å². The summed E-state index contributed by atoms with van der Waals surface area (Å²) in [6.07, 6.45) is -1.46. The Labute approximate surface area is 210 Å². The van der Waals surface area contributed by atoms with Gasteiger partial charge in [0, 0.05) is 19.8 Å². The first kappa shape index (κ1) is 27.8. The lowest BCUT2D eigenvalue weighted by Crippen LogP contribution is -2.32. The number of hydrogen-bond donors (Lipinski definition) is 5. The molecule has 13 nitrogen and oxygen atoms in total. The SMILES string of the molecule is COCCOC(COCOCOC)C(=O)c1c(O)c(O)c2c(c1O)C(=O)c1c(C)cc(O)c(O)c1C2=O. The summed E-state index contributed by atoms with van der Waals surface area (Å²) in [4.78, 5) is 39.8. The summed E-state index contributed by atoms with van der Waals surface area (Å²) in [5.41, 5.74) is -3.37. The number of benzene rings is 2. The monoisotopic (exact) mass is 522 g/mol. The smallest absolute Gasteiger partial charge is 0.202 e. The van der Waals surface area contributed by atoms with Gasteiger partial charge in [0.15, 0.2) is 28.8 Å². The Morgan fingerprint density at radius 1 is 0.784 bits per heavy atom. The van der Waals surface area contributed by atoms with Gasteiger partial charge in [-0.2, -0.15) is 0 Å². The van der Waals surface area contributed by atoms with Gasteiger partial charge >= 0.3 is 0 Å². The molecule has 0 saturated carbocycles. The van der Waals surface area contributed by atoms with E-state index in [0.29, 0.717) is 0 Å². The van der Waals surface area contributed by atoms with E-state index >= 15 is 0 Å². The van der Waals surface area contributed by atoms with Crippen LogP contribution in [0, 0.1) is 6.92 Å². The summed E-state index contributed by atoms with van der Waals surface area (Å²) in [7, 11) is 2.79. The highest BCUT2D eigenvalue weighted by Crippen LogP contribution is 2.49. The number of ether oxygens (including phenoxy) is 5. The van der Waals surface area contributed by atoms with Crippen LogP contribution in [0.1, 0.15) is 47.8 Å². The van der Waals surface area contributed by atoms with E-state index in [1.807, 2.05) is 0 Å². The van der Waals surface area contributed by atoms with Crippen molar-refractivity contribution in [3.8, 4) is 28.7 Å². The number of aryl methyl sites for hydroxylation is 1. The molecule has 1 aliphatic rings. The molecule has 0 bridgehead atoms. The Morgan fingerprint density at radius 3 is 2.05 bits per heavy atom. The quantitative estimate of drug-likeness (QED) is 0.0746. The molecule has 0 fully saturated rings. The minimum atomic E-state index is -1.46. The first-order chi connectivity index (χ1) is 17.6. The van der Waals surface area contributed by atoms with Crippen LogP contribution in [0.25, 0.3) is 0 Å². The average Bonchev–Trinajstić information content (AvgIpc) is 2.85. The Kier molecular flexibility index (Phi) is 8.68. The molecule has 0 heterocycles. The normalized spacial score (nSPS) is 13.4. The maximum absolute atomic E-state index is 13.3. The lowest BCUT2D eigenvalue weighted by molar-refractivity contribution is -0.133. The van der Waals surface area contributed by atoms with Crippen molar-refractivity contribution in [2.24, 2.45) is 0 Å². The van der Waals surface area contributed by atoms with Gasteiger partial charge in [-0.15, -0.1) is 0 Å². The summed E-state index contributed by atoms with van der Waals surface area (Å²) in [6.45, 7) is 0.550. The molecule has 3 rings (SSSR count). The van der Waals surface area contributed by atoms with Gasteiger partial charge in [0.05, 0.1) is 36.5 Å². The fourth-order valence-corrected chi connectivity index (χ4v) is 3.90. The van der Waals surface area contributed by atoms with Crippen LogP contribution in [0.4, 0.5) is 0 Å². The molecule has 0 aromatic heterocycles. The molecule has 2 aromatic rings. The van der Waals surface area contributed by atoms with Crippen molar-refractivity contribution < 1.29 is 63.6 Å². The highest BCUT2D eigenvalue weighted by atomic mass is 16.7. The van der Waals surface area contributed by atoms with Gasteiger partial charge in [0.1, 0.15) is 31.0 Å². The lowest BCUT2D eigenvalue weighted by atomic mass is 9.79. The molecular formula is C24H26O13. The number of rotatable bonds is 12. The fourth-order valence-electron chi connectivity index (χ4n) is 3.90. The minimum Gasteiger partial charge on any atom is -0.506 e. The minimum absolute atomic E-state index is 0.0801. The van der Waals surface area contributed by atoms with Crippen molar-refractivity contribution in [3.63, 3.8) is 0 Å². The van der Waals surface area contributed by atoms with Crippen molar-refractivity contribution in [1.82, 2.24) is 0 Å². The highest BCUT2D eigenvalue weighted by molar-refractivity contribution is 6.33. The van der Waals surface area contributed by atoms with Crippen molar-refractivity contribution in [3.05, 3.63) is 39.4 Å². The Bertz CT molecular complexity index is 1230. The third-order valence-electron chi connectivity index (χ3n) is 5.59. The van der Waals surface area contributed by atoms with E-state index in [2.05, 4.69) is 0 Å². The number of Topliss-reactive ketones (excluding diaryl/α,β-unsaturated/α-hetero) is 1. The van der Waals surface area contributed by atoms with E-state index in [-0.39, 0.29) is 37.9 Å². The van der Waals surface area contributed by atoms with Gasteiger partial charge in [-0.25, -0.2) is 0 Å². The predicted octanol–water partition coefficient (Wildman–Crippen LogP) is 1.11. The molecule has 1 aliphatic carbocycles. The second kappa shape index (κ2) is 11.5. The van der Waals surface area contributed by atoms with Gasteiger partial charge in [-0.3, -0.25) is 14.4 Å². The van der Waals surface area contributed by atoms with Gasteiger partial charge in [-0.05, 0) is 18.6 Å². The Hall–Kier alpha value is -3.75. The molecule has 0 amide bonds. The summed E-state index contributed by atoms with van der Waals surface area (Å²) in [5.74, 6) is -8.32. The lowest BCUT2D eigenvalue weighted by Gasteiger charge is -2.25. The number of phenols is 5. The summed E-state index contributed by atoms with van der Waals surface area (Å²) in [6, 6.07) is 1.04. The van der Waals surface area contributed by atoms with Crippen LogP contribution >= 0.6 is 0 Å². The summed E-state index contributed by atoms with van der Waals surface area (Å²) in [5, 5.41) is 52.4. The molecule has 0 radical (unpaired) electrons. The first-order valence-corrected chi connectivity index (χ1v) is 10.8. The van der Waals surface area contributed by atoms with Crippen molar-refractivity contribution in [1.29, 1.82) is 0 Å². The van der Waals surface area contributed by atoms with Crippen LogP contribution < -0.4 is 0 Å². The molecule has 0 spiro atoms. The van der Waals surface area contributed by atoms with E-state index < -0.39 is 81.1 Å². The predicted molar refractivity (Wildman–Crippen MR) is 123 cm³/mol. The number of carbonyl (C=O) groups excluding carboxylic acids is 3. The molecule has 0 saturated heterocycles. The zero-order chi connectivity index (χ0) is 27.4. The van der Waals surface area contributed by atoms with Crippen LogP contribution in [0.2, 0.25) is 0 Å². The Morgan fingerprint density at radius 2 is 1.41 bits per heavy atom. The zero-order valence-electron chi connectivity index (χ0n) is 20.2. The molecular weight excluding hydrogens is 496 g/mol. The Balaban J connectivity index is 2.09. The first-order valence-electron chi connectivity index (χ1n) is 10.8. The van der Waals surface area contributed by atoms with Gasteiger partial charge in [0.25, 0.3) is 0 Å². The van der Waals surface area contributed by atoms with E-state index in [4.69, 9.17) is 23.7 Å². The maximum Gasteiger partial charge on any atom is 0.202 e. The fraction of sp³-hybridized carbons (Fsp3) is 0.375. The van der Waals surface area contributed by atoms with Gasteiger partial charge < -0.3 is 49.2 Å². The molecule has 13 heteroatoms. The third kappa shape index (κ3) is 5.08. The van der Waals surface area contributed by atoms with Crippen molar-refractivity contribution in [2.45, 2.75) is 13.0 Å². The summed E-state index contributed by atoms with van der Waals surface area (Å²) < 4.78 is 25.3. The summed E-state index contributed by atoms with van der Waals surface area (Å²) >= 11 is 0. The average molecular weight is 522 g/mol. The second-order valence-electron chi connectivity index (χ2n) is 7.96. The van der Waals surface area contributed by atoms with Crippen molar-refractivity contribution >= 4 is 17.3 Å². The number of carbonyl (C=O) groups is 3. The zero-order valence-corrected chi connectivity index (χ0v) is 20.2. The molecule has 200 valence electrons. The molecule has 2 aromatic carbocycles. The molecule has 1 atom stereocenters. The molecule has 1 unspecified atom stereocenters. The largest absolute Gasteiger partial charge is 0.506 e. The molecule has 5 N–H and O–H groups in total. The van der Waals surface area contributed by atoms with E-state index in [0.717, 1.165) is 6.07 Å². The van der Waals surface area contributed by atoms with Crippen LogP contribution in [0.3, 0.4) is 0 Å². The topological polar surface area (TPSA) is 199 Å². The highest BCUT2D eigenvalue weighted by Gasteiger charge is 2.43.